The Balaban J connectivity index is 1.08. The van der Waals surface area contributed by atoms with Gasteiger partial charge in [0, 0.05) is 24.1 Å². The summed E-state index contributed by atoms with van der Waals surface area (Å²) in [5.41, 5.74) is 1.84. The van der Waals surface area contributed by atoms with E-state index in [2.05, 4.69) is 10.3 Å². The minimum absolute atomic E-state index is 0.0515. The molecule has 0 bridgehead atoms. The average molecular weight is 551 g/mol. The number of benzene rings is 1. The van der Waals surface area contributed by atoms with Crippen molar-refractivity contribution >= 4 is 17.8 Å². The lowest BCUT2D eigenvalue weighted by Crippen LogP contribution is -2.60. The first-order valence-corrected chi connectivity index (χ1v) is 12.3. The van der Waals surface area contributed by atoms with Crippen molar-refractivity contribution in [1.29, 1.82) is 0 Å². The number of carboxylic acid groups (broad SMARTS) is 1. The number of β-lactam (4-membered cyclic amide) rings is 1. The largest absolute Gasteiger partial charge is 0.479 e. The predicted molar refractivity (Wildman–Crippen MR) is 128 cm³/mol. The summed E-state index contributed by atoms with van der Waals surface area (Å²) >= 11 is 0. The second-order valence-electron chi connectivity index (χ2n) is 8.88. The number of carbonyl (C=O) groups excluding carboxylic acids is 2. The molecule has 2 aliphatic rings. The summed E-state index contributed by atoms with van der Waals surface area (Å²) in [5.74, 6) is -1.95. The van der Waals surface area contributed by atoms with E-state index in [0.29, 0.717) is 37.4 Å². The number of carbonyl (C=O) groups is 3. The summed E-state index contributed by atoms with van der Waals surface area (Å²) in [4.78, 5) is 36.0. The average Bonchev–Trinajstić information content (AvgIpc) is 3.39. The predicted octanol–water partition coefficient (Wildman–Crippen LogP) is -1.74. The maximum atomic E-state index is 12.3. The van der Waals surface area contributed by atoms with Gasteiger partial charge in [-0.2, -0.15) is 0 Å². The normalized spacial score (nSPS) is 24.9. The molecule has 212 valence electrons. The van der Waals surface area contributed by atoms with Crippen LogP contribution in [0.25, 0.3) is 11.3 Å². The zero-order valence-corrected chi connectivity index (χ0v) is 20.9. The highest BCUT2D eigenvalue weighted by Gasteiger charge is 2.47. The first kappa shape index (κ1) is 28.7. The molecule has 2 fully saturated rings. The maximum Gasteiger partial charge on any atom is 0.335 e. The Bertz CT molecular complexity index is 1140. The number of hydrogen-bond donors (Lipinski definition) is 4. The summed E-state index contributed by atoms with van der Waals surface area (Å²) in [7, 11) is 0. The molecule has 2 amide bonds. The summed E-state index contributed by atoms with van der Waals surface area (Å²) in [6, 6.07) is 6.81. The Labute approximate surface area is 222 Å². The molecule has 15 heteroatoms. The summed E-state index contributed by atoms with van der Waals surface area (Å²) < 4.78 is 22.7. The van der Waals surface area contributed by atoms with Crippen molar-refractivity contribution in [3.8, 4) is 11.3 Å². The second-order valence-corrected chi connectivity index (χ2v) is 8.88. The molecule has 3 heterocycles. The number of carboxylic acids is 1. The van der Waals surface area contributed by atoms with E-state index >= 15 is 0 Å². The number of aromatic nitrogens is 3. The molecule has 5 unspecified atom stereocenters. The Kier molecular flexibility index (Phi) is 9.68. The third-order valence-electron chi connectivity index (χ3n) is 6.22. The second kappa shape index (κ2) is 13.2. The van der Waals surface area contributed by atoms with E-state index < -0.39 is 36.7 Å². The smallest absolute Gasteiger partial charge is 0.335 e. The van der Waals surface area contributed by atoms with Crippen molar-refractivity contribution in [2.75, 3.05) is 39.6 Å². The lowest BCUT2D eigenvalue weighted by Gasteiger charge is -2.38. The first-order chi connectivity index (χ1) is 18.8. The molecule has 4 N–H and O–H groups in total. The van der Waals surface area contributed by atoms with Crippen LogP contribution in [0.4, 0.5) is 0 Å². The van der Waals surface area contributed by atoms with Crippen molar-refractivity contribution in [1.82, 2.24) is 19.9 Å². The van der Waals surface area contributed by atoms with E-state index in [9.17, 15) is 29.7 Å². The lowest BCUT2D eigenvalue weighted by molar-refractivity contribution is -0.295. The van der Waals surface area contributed by atoms with Gasteiger partial charge in [-0.05, 0) is 12.1 Å². The van der Waals surface area contributed by atoms with Crippen molar-refractivity contribution in [3.63, 3.8) is 0 Å². The van der Waals surface area contributed by atoms with Crippen LogP contribution in [0, 0.1) is 0 Å². The summed E-state index contributed by atoms with van der Waals surface area (Å²) in [6.45, 7) is 1.81. The number of aliphatic hydroxyl groups excluding tert-OH is 3. The molecule has 0 saturated carbocycles. The molecule has 0 aliphatic carbocycles. The Hall–Kier alpha value is -3.31. The monoisotopic (exact) mass is 550 g/mol. The van der Waals surface area contributed by atoms with E-state index in [-0.39, 0.29) is 38.2 Å². The Morgan fingerprint density at radius 3 is 2.31 bits per heavy atom. The van der Waals surface area contributed by atoms with E-state index in [1.54, 1.807) is 35.1 Å². The van der Waals surface area contributed by atoms with Gasteiger partial charge in [-0.3, -0.25) is 14.5 Å². The highest BCUT2D eigenvalue weighted by Crippen LogP contribution is 2.22. The standard InChI is InChI=1S/C24H30N4O11/c29-17-5-6-28(17)22(33)15-3-1-14(2-4-15)16-13-27(26-25-16)7-8-36-9-10-37-11-12-38-24-20(32)18(30)19(31)21(39-24)23(34)35/h1-4,13,18-21,24,30-32H,5-12H2,(H,34,35). The van der Waals surface area contributed by atoms with Gasteiger partial charge in [0.2, 0.25) is 5.91 Å². The number of amides is 2. The SMILES string of the molecule is O=C(O)C1OC(OCCOCCOCCn2cc(-c3ccc(C(=O)N4CCC4=O)cc3)nn2)C(O)C(O)C1O. The van der Waals surface area contributed by atoms with E-state index in [1.807, 2.05) is 0 Å². The van der Waals surface area contributed by atoms with Crippen LogP contribution < -0.4 is 0 Å². The lowest BCUT2D eigenvalue weighted by atomic mass is 9.99. The maximum absolute atomic E-state index is 12.3. The number of hydrogen-bond acceptors (Lipinski definition) is 12. The number of aliphatic hydroxyl groups is 3. The number of likely N-dealkylation sites (tertiary alicyclic amines) is 1. The van der Waals surface area contributed by atoms with Gasteiger partial charge in [-0.25, -0.2) is 9.48 Å². The molecule has 1 aromatic heterocycles. The van der Waals surface area contributed by atoms with Gasteiger partial charge in [0.1, 0.15) is 24.0 Å². The Morgan fingerprint density at radius 1 is 0.974 bits per heavy atom. The van der Waals surface area contributed by atoms with Crippen LogP contribution in [0.2, 0.25) is 0 Å². The fourth-order valence-electron chi connectivity index (χ4n) is 3.90. The van der Waals surface area contributed by atoms with Crippen molar-refractivity contribution in [2.24, 2.45) is 0 Å². The molecule has 4 rings (SSSR count). The van der Waals surface area contributed by atoms with E-state index in [1.165, 1.54) is 4.90 Å². The number of nitrogens with zero attached hydrogens (tertiary/aromatic N) is 4. The fraction of sp³-hybridized carbons (Fsp3) is 0.542. The third-order valence-corrected chi connectivity index (χ3v) is 6.22. The molecular formula is C24H30N4O11. The van der Waals surface area contributed by atoms with Crippen LogP contribution in [0.1, 0.15) is 16.8 Å². The zero-order valence-electron chi connectivity index (χ0n) is 20.9. The molecule has 15 nitrogen and oxygen atoms in total. The van der Waals surface area contributed by atoms with Gasteiger partial charge >= 0.3 is 5.97 Å². The van der Waals surface area contributed by atoms with Gasteiger partial charge in [-0.15, -0.1) is 5.10 Å². The minimum atomic E-state index is -1.78. The molecule has 2 aliphatic heterocycles. The molecule has 0 radical (unpaired) electrons. The van der Waals surface area contributed by atoms with Crippen LogP contribution in [0.3, 0.4) is 0 Å². The molecule has 1 aromatic carbocycles. The molecular weight excluding hydrogens is 520 g/mol. The van der Waals surface area contributed by atoms with Crippen LogP contribution in [-0.4, -0.2) is 128 Å². The van der Waals surface area contributed by atoms with E-state index in [0.717, 1.165) is 5.56 Å². The van der Waals surface area contributed by atoms with Crippen molar-refractivity contribution in [2.45, 2.75) is 43.7 Å². The van der Waals surface area contributed by atoms with Crippen LogP contribution >= 0.6 is 0 Å². The number of imide groups is 1. The van der Waals surface area contributed by atoms with Gasteiger partial charge < -0.3 is 39.4 Å². The topological polar surface area (TPSA) is 203 Å². The summed E-state index contributed by atoms with van der Waals surface area (Å²) in [6.07, 6.45) is -6.10. The van der Waals surface area contributed by atoms with Gasteiger partial charge in [0.15, 0.2) is 12.4 Å². The van der Waals surface area contributed by atoms with Crippen molar-refractivity contribution < 1.29 is 53.8 Å². The zero-order chi connectivity index (χ0) is 27.9. The van der Waals surface area contributed by atoms with E-state index in [4.69, 9.17) is 24.1 Å². The molecule has 39 heavy (non-hydrogen) atoms. The van der Waals surface area contributed by atoms with Gasteiger partial charge in [0.05, 0.1) is 45.8 Å². The third kappa shape index (κ3) is 7.02. The quantitative estimate of drug-likeness (QED) is 0.124. The molecule has 0 spiro atoms. The minimum Gasteiger partial charge on any atom is -0.479 e. The Morgan fingerprint density at radius 2 is 1.67 bits per heavy atom. The molecule has 5 atom stereocenters. The van der Waals surface area contributed by atoms with Gasteiger partial charge in [0.25, 0.3) is 5.91 Å². The number of aliphatic carboxylic acids is 1. The highest BCUT2D eigenvalue weighted by molar-refractivity contribution is 6.07. The van der Waals surface area contributed by atoms with Crippen LogP contribution in [-0.2, 0) is 35.1 Å². The molecule has 2 aromatic rings. The molecule has 2 saturated heterocycles. The van der Waals surface area contributed by atoms with Crippen LogP contribution in [0.15, 0.2) is 30.5 Å². The summed E-state index contributed by atoms with van der Waals surface area (Å²) in [5, 5.41) is 46.5. The number of rotatable bonds is 13. The van der Waals surface area contributed by atoms with Crippen molar-refractivity contribution in [3.05, 3.63) is 36.0 Å². The number of ether oxygens (including phenoxy) is 4. The van der Waals surface area contributed by atoms with Crippen LogP contribution in [0.5, 0.6) is 0 Å². The first-order valence-electron chi connectivity index (χ1n) is 12.3. The fourth-order valence-corrected chi connectivity index (χ4v) is 3.90. The van der Waals surface area contributed by atoms with Gasteiger partial charge in [-0.1, -0.05) is 17.3 Å². The highest BCUT2D eigenvalue weighted by atomic mass is 16.7.